The number of thiophene rings is 1. The number of furan rings is 1. The van der Waals surface area contributed by atoms with E-state index in [0.717, 1.165) is 21.2 Å². The van der Waals surface area contributed by atoms with Crippen molar-refractivity contribution in [1.29, 1.82) is 0 Å². The molecule has 0 N–H and O–H groups in total. The second kappa shape index (κ2) is 3.18. The minimum Gasteiger partial charge on any atom is -0.450 e. The summed E-state index contributed by atoms with van der Waals surface area (Å²) in [7, 11) is 0. The zero-order valence-electron chi connectivity index (χ0n) is 8.48. The molecule has 0 aliphatic rings. The van der Waals surface area contributed by atoms with Crippen molar-refractivity contribution in [2.24, 2.45) is 0 Å². The van der Waals surface area contributed by atoms with Crippen LogP contribution in [0.25, 0.3) is 31.5 Å². The van der Waals surface area contributed by atoms with Gasteiger partial charge < -0.3 is 4.42 Å². The van der Waals surface area contributed by atoms with Crippen molar-refractivity contribution in [3.05, 3.63) is 35.7 Å². The van der Waals surface area contributed by atoms with Crippen molar-refractivity contribution in [1.82, 2.24) is 9.97 Å². The monoisotopic (exact) mass is 260 g/mol. The fraction of sp³-hybridized carbons (Fsp3) is 0. The SMILES string of the molecule is Clc1ncnc2c1oc1c3ccccc3sc21. The Kier molecular flexibility index (Phi) is 1.76. The average Bonchev–Trinajstić information content (AvgIpc) is 2.87. The lowest BCUT2D eigenvalue weighted by Gasteiger charge is -1.90. The fourth-order valence-corrected chi connectivity index (χ4v) is 3.28. The molecule has 0 spiro atoms. The van der Waals surface area contributed by atoms with Crippen LogP contribution in [0.2, 0.25) is 5.15 Å². The van der Waals surface area contributed by atoms with E-state index in [-0.39, 0.29) is 0 Å². The van der Waals surface area contributed by atoms with Crippen LogP contribution in [0.4, 0.5) is 0 Å². The van der Waals surface area contributed by atoms with Crippen LogP contribution in [-0.2, 0) is 0 Å². The maximum Gasteiger partial charge on any atom is 0.192 e. The Balaban J connectivity index is 2.33. The molecular weight excluding hydrogens is 256 g/mol. The van der Waals surface area contributed by atoms with Crippen LogP contribution in [0.3, 0.4) is 0 Å². The molecule has 0 saturated carbocycles. The Hall–Kier alpha value is -1.65. The number of hydrogen-bond donors (Lipinski definition) is 0. The molecule has 4 aromatic rings. The smallest absolute Gasteiger partial charge is 0.192 e. The van der Waals surface area contributed by atoms with Gasteiger partial charge in [-0.05, 0) is 12.1 Å². The van der Waals surface area contributed by atoms with E-state index in [1.807, 2.05) is 18.2 Å². The highest BCUT2D eigenvalue weighted by Gasteiger charge is 2.16. The zero-order chi connectivity index (χ0) is 11.4. The van der Waals surface area contributed by atoms with Crippen molar-refractivity contribution in [2.45, 2.75) is 0 Å². The highest BCUT2D eigenvalue weighted by molar-refractivity contribution is 7.26. The van der Waals surface area contributed by atoms with E-state index in [1.54, 1.807) is 11.3 Å². The summed E-state index contributed by atoms with van der Waals surface area (Å²) in [5.41, 5.74) is 2.21. The number of hydrogen-bond acceptors (Lipinski definition) is 4. The standard InChI is InChI=1S/C12H5ClN2OS/c13-12-10-8(14-5-15-12)11-9(16-10)6-3-1-2-4-7(6)17-11/h1-5H. The van der Waals surface area contributed by atoms with Crippen LogP contribution in [0.15, 0.2) is 35.0 Å². The number of nitrogens with zero attached hydrogens (tertiary/aromatic N) is 2. The first kappa shape index (κ1) is 9.39. The topological polar surface area (TPSA) is 38.9 Å². The normalized spacial score (nSPS) is 11.8. The molecule has 0 amide bonds. The summed E-state index contributed by atoms with van der Waals surface area (Å²) in [5, 5.41) is 1.46. The van der Waals surface area contributed by atoms with E-state index in [2.05, 4.69) is 16.0 Å². The molecule has 3 nitrogen and oxygen atoms in total. The molecule has 1 aromatic carbocycles. The number of benzene rings is 1. The molecule has 0 aliphatic carbocycles. The van der Waals surface area contributed by atoms with Gasteiger partial charge in [0.15, 0.2) is 16.3 Å². The van der Waals surface area contributed by atoms with Gasteiger partial charge in [0.25, 0.3) is 0 Å². The molecule has 0 aliphatic heterocycles. The molecule has 0 radical (unpaired) electrons. The zero-order valence-corrected chi connectivity index (χ0v) is 10.0. The summed E-state index contributed by atoms with van der Waals surface area (Å²) >= 11 is 7.66. The van der Waals surface area contributed by atoms with Crippen molar-refractivity contribution < 1.29 is 4.42 Å². The summed E-state index contributed by atoms with van der Waals surface area (Å²) in [4.78, 5) is 8.17. The third-order valence-electron chi connectivity index (χ3n) is 2.73. The Labute approximate surface area is 105 Å². The van der Waals surface area contributed by atoms with Crippen LogP contribution in [0.5, 0.6) is 0 Å². The lowest BCUT2D eigenvalue weighted by molar-refractivity contribution is 0.670. The largest absolute Gasteiger partial charge is 0.450 e. The summed E-state index contributed by atoms with van der Waals surface area (Å²) < 4.78 is 8.02. The fourth-order valence-electron chi connectivity index (χ4n) is 1.99. The summed E-state index contributed by atoms with van der Waals surface area (Å²) in [6.45, 7) is 0. The average molecular weight is 261 g/mol. The van der Waals surface area contributed by atoms with Gasteiger partial charge in [-0.1, -0.05) is 23.7 Å². The predicted molar refractivity (Wildman–Crippen MR) is 69.7 cm³/mol. The molecule has 0 saturated heterocycles. The van der Waals surface area contributed by atoms with Gasteiger partial charge in [-0.3, -0.25) is 0 Å². The van der Waals surface area contributed by atoms with Crippen LogP contribution < -0.4 is 0 Å². The quantitative estimate of drug-likeness (QED) is 0.444. The van der Waals surface area contributed by atoms with Gasteiger partial charge in [0.1, 0.15) is 16.5 Å². The molecule has 4 rings (SSSR count). The molecule has 0 atom stereocenters. The maximum atomic E-state index is 6.00. The van der Waals surface area contributed by atoms with Crippen molar-refractivity contribution in [3.63, 3.8) is 0 Å². The summed E-state index contributed by atoms with van der Waals surface area (Å²) in [6.07, 6.45) is 1.46. The highest BCUT2D eigenvalue weighted by atomic mass is 35.5. The third kappa shape index (κ3) is 1.16. The number of rotatable bonds is 0. The van der Waals surface area contributed by atoms with Crippen molar-refractivity contribution in [2.75, 3.05) is 0 Å². The molecular formula is C12H5ClN2OS. The van der Waals surface area contributed by atoms with Gasteiger partial charge in [-0.25, -0.2) is 9.97 Å². The van der Waals surface area contributed by atoms with Gasteiger partial charge in [-0.15, -0.1) is 11.3 Å². The number of aromatic nitrogens is 2. The molecule has 0 bridgehead atoms. The first-order chi connectivity index (χ1) is 8.34. The maximum absolute atomic E-state index is 6.00. The van der Waals surface area contributed by atoms with Crippen LogP contribution in [0.1, 0.15) is 0 Å². The van der Waals surface area contributed by atoms with E-state index in [9.17, 15) is 0 Å². The Morgan fingerprint density at radius 3 is 2.94 bits per heavy atom. The lowest BCUT2D eigenvalue weighted by atomic mass is 10.2. The van der Waals surface area contributed by atoms with Crippen LogP contribution >= 0.6 is 22.9 Å². The Morgan fingerprint density at radius 2 is 2.00 bits per heavy atom. The van der Waals surface area contributed by atoms with Crippen LogP contribution in [0, 0.1) is 0 Å². The Bertz CT molecular complexity index is 865. The molecule has 17 heavy (non-hydrogen) atoms. The van der Waals surface area contributed by atoms with Crippen molar-refractivity contribution >= 4 is 54.4 Å². The van der Waals surface area contributed by atoms with E-state index in [4.69, 9.17) is 16.0 Å². The summed E-state index contributed by atoms with van der Waals surface area (Å²) in [5.74, 6) is 0. The molecule has 0 fully saturated rings. The van der Waals surface area contributed by atoms with Gasteiger partial charge >= 0.3 is 0 Å². The lowest BCUT2D eigenvalue weighted by Crippen LogP contribution is -1.77. The highest BCUT2D eigenvalue weighted by Crippen LogP contribution is 2.40. The molecule has 5 heteroatoms. The molecule has 3 heterocycles. The number of fused-ring (bicyclic) bond motifs is 5. The van der Waals surface area contributed by atoms with E-state index < -0.39 is 0 Å². The van der Waals surface area contributed by atoms with E-state index >= 15 is 0 Å². The molecule has 82 valence electrons. The van der Waals surface area contributed by atoms with Gasteiger partial charge in [-0.2, -0.15) is 0 Å². The van der Waals surface area contributed by atoms with Gasteiger partial charge in [0, 0.05) is 10.1 Å². The summed E-state index contributed by atoms with van der Waals surface area (Å²) in [6, 6.07) is 8.12. The number of halogens is 1. The first-order valence-corrected chi connectivity index (χ1v) is 6.24. The van der Waals surface area contributed by atoms with Gasteiger partial charge in [0.05, 0.1) is 0 Å². The van der Waals surface area contributed by atoms with Gasteiger partial charge in [0.2, 0.25) is 0 Å². The van der Waals surface area contributed by atoms with Crippen LogP contribution in [-0.4, -0.2) is 9.97 Å². The minimum absolute atomic E-state index is 0.363. The van der Waals surface area contributed by atoms with E-state index in [1.165, 1.54) is 11.0 Å². The first-order valence-electron chi connectivity index (χ1n) is 5.05. The minimum atomic E-state index is 0.363. The molecule has 3 aromatic heterocycles. The Morgan fingerprint density at radius 1 is 1.12 bits per heavy atom. The third-order valence-corrected chi connectivity index (χ3v) is 4.16. The predicted octanol–water partition coefficient (Wildman–Crippen LogP) is 4.24. The second-order valence-corrected chi connectivity index (χ2v) is 5.11. The van der Waals surface area contributed by atoms with E-state index in [0.29, 0.717) is 10.7 Å². The molecule has 0 unspecified atom stereocenters. The second-order valence-electron chi connectivity index (χ2n) is 3.70. The van der Waals surface area contributed by atoms with Crippen molar-refractivity contribution in [3.8, 4) is 0 Å².